The quantitative estimate of drug-likeness (QED) is 0.700. The molecular weight excluding hydrogens is 389 g/mol. The van der Waals surface area contributed by atoms with Gasteiger partial charge < -0.3 is 9.64 Å². The molecule has 0 saturated carbocycles. The first-order valence-corrected chi connectivity index (χ1v) is 10.4. The molecule has 0 N–H and O–H groups in total. The summed E-state index contributed by atoms with van der Waals surface area (Å²) in [4.78, 5) is 26.2. The fourth-order valence-electron chi connectivity index (χ4n) is 2.78. The van der Waals surface area contributed by atoms with E-state index in [0.717, 1.165) is 0 Å². The molecule has 1 aliphatic rings. The van der Waals surface area contributed by atoms with E-state index >= 15 is 0 Å². The Morgan fingerprint density at radius 3 is 2.56 bits per heavy atom. The molecule has 25 heavy (non-hydrogen) atoms. The minimum Gasteiger partial charge on any atom is -0.449 e. The molecule has 2 atom stereocenters. The first-order chi connectivity index (χ1) is 11.6. The van der Waals surface area contributed by atoms with E-state index in [-0.39, 0.29) is 28.1 Å². The van der Waals surface area contributed by atoms with Gasteiger partial charge in [-0.2, -0.15) is 0 Å². The first kappa shape index (κ1) is 20.0. The Balaban J connectivity index is 2.06. The van der Waals surface area contributed by atoms with Crippen LogP contribution < -0.4 is 0 Å². The molecule has 1 heterocycles. The van der Waals surface area contributed by atoms with Crippen molar-refractivity contribution in [3.63, 3.8) is 0 Å². The van der Waals surface area contributed by atoms with Gasteiger partial charge in [0.2, 0.25) is 0 Å². The third-order valence-corrected chi connectivity index (χ3v) is 6.35. The molecule has 1 saturated heterocycles. The van der Waals surface area contributed by atoms with Crippen molar-refractivity contribution >= 4 is 44.9 Å². The van der Waals surface area contributed by atoms with Crippen LogP contribution in [0.3, 0.4) is 0 Å². The summed E-state index contributed by atoms with van der Waals surface area (Å²) in [5, 5.41) is 0.511. The molecule has 1 aromatic rings. The Morgan fingerprint density at radius 1 is 1.36 bits per heavy atom. The molecular formula is C16H19Cl2NO5S. The highest BCUT2D eigenvalue weighted by molar-refractivity contribution is 7.91. The van der Waals surface area contributed by atoms with Crippen molar-refractivity contribution in [3.05, 3.63) is 33.8 Å². The lowest BCUT2D eigenvalue weighted by Crippen LogP contribution is -2.46. The first-order valence-electron chi connectivity index (χ1n) is 7.81. The molecule has 138 valence electrons. The van der Waals surface area contributed by atoms with Crippen LogP contribution in [-0.4, -0.2) is 55.4 Å². The molecule has 1 aliphatic heterocycles. The van der Waals surface area contributed by atoms with Gasteiger partial charge in [0.25, 0.3) is 5.91 Å². The van der Waals surface area contributed by atoms with E-state index in [4.69, 9.17) is 27.9 Å². The topological polar surface area (TPSA) is 80.8 Å². The van der Waals surface area contributed by atoms with E-state index in [1.54, 1.807) is 6.92 Å². The Morgan fingerprint density at radius 2 is 2.04 bits per heavy atom. The summed E-state index contributed by atoms with van der Waals surface area (Å²) in [6.45, 7) is 3.55. The fourth-order valence-corrected chi connectivity index (χ4v) is 4.99. The van der Waals surface area contributed by atoms with Crippen LogP contribution in [0.2, 0.25) is 10.0 Å². The Bertz CT molecular complexity index is 781. The largest absolute Gasteiger partial charge is 0.449 e. The van der Waals surface area contributed by atoms with Crippen LogP contribution in [0, 0.1) is 0 Å². The number of sulfone groups is 1. The SMILES string of the molecule is CCN(C(=O)[C@H](C)OC(=O)c1ccc(Cl)cc1Cl)[C@@H]1CCS(=O)(=O)C1. The van der Waals surface area contributed by atoms with Gasteiger partial charge in [0.1, 0.15) is 0 Å². The molecule has 9 heteroatoms. The molecule has 0 aliphatic carbocycles. The maximum Gasteiger partial charge on any atom is 0.340 e. The summed E-state index contributed by atoms with van der Waals surface area (Å²) < 4.78 is 28.5. The second-order valence-corrected chi connectivity index (χ2v) is 8.93. The molecule has 0 radical (unpaired) electrons. The molecule has 2 rings (SSSR count). The summed E-state index contributed by atoms with van der Waals surface area (Å²) >= 11 is 11.8. The van der Waals surface area contributed by atoms with E-state index in [1.165, 1.54) is 30.0 Å². The fraction of sp³-hybridized carbons (Fsp3) is 0.500. The zero-order valence-corrected chi connectivity index (χ0v) is 16.2. The minimum atomic E-state index is -3.12. The highest BCUT2D eigenvalue weighted by Gasteiger charge is 2.36. The van der Waals surface area contributed by atoms with Crippen LogP contribution in [-0.2, 0) is 19.4 Å². The van der Waals surface area contributed by atoms with Crippen molar-refractivity contribution in [2.75, 3.05) is 18.1 Å². The molecule has 0 unspecified atom stereocenters. The van der Waals surface area contributed by atoms with Crippen molar-refractivity contribution < 1.29 is 22.7 Å². The summed E-state index contributed by atoms with van der Waals surface area (Å²) in [5.74, 6) is -1.16. The van der Waals surface area contributed by atoms with Crippen molar-refractivity contribution in [2.24, 2.45) is 0 Å². The maximum absolute atomic E-state index is 12.6. The van der Waals surface area contributed by atoms with Gasteiger partial charge in [0, 0.05) is 17.6 Å². The highest BCUT2D eigenvalue weighted by atomic mass is 35.5. The van der Waals surface area contributed by atoms with Gasteiger partial charge in [-0.05, 0) is 38.5 Å². The van der Waals surface area contributed by atoms with Crippen LogP contribution >= 0.6 is 23.2 Å². The Labute approximate surface area is 157 Å². The van der Waals surface area contributed by atoms with Crippen molar-refractivity contribution in [3.8, 4) is 0 Å². The monoisotopic (exact) mass is 407 g/mol. The zero-order chi connectivity index (χ0) is 18.8. The van der Waals surface area contributed by atoms with Crippen LogP contribution in [0.4, 0.5) is 0 Å². The van der Waals surface area contributed by atoms with E-state index in [0.29, 0.717) is 18.0 Å². The molecule has 0 bridgehead atoms. The van der Waals surface area contributed by atoms with Gasteiger partial charge in [-0.25, -0.2) is 13.2 Å². The van der Waals surface area contributed by atoms with Crippen LogP contribution in [0.25, 0.3) is 0 Å². The van der Waals surface area contributed by atoms with Crippen LogP contribution in [0.5, 0.6) is 0 Å². The van der Waals surface area contributed by atoms with Crippen molar-refractivity contribution in [2.45, 2.75) is 32.4 Å². The van der Waals surface area contributed by atoms with Crippen LogP contribution in [0.1, 0.15) is 30.6 Å². The van der Waals surface area contributed by atoms with Crippen LogP contribution in [0.15, 0.2) is 18.2 Å². The molecule has 6 nitrogen and oxygen atoms in total. The number of ether oxygens (including phenoxy) is 1. The van der Waals surface area contributed by atoms with E-state index < -0.39 is 27.8 Å². The lowest BCUT2D eigenvalue weighted by atomic mass is 10.2. The number of hydrogen-bond donors (Lipinski definition) is 0. The highest BCUT2D eigenvalue weighted by Crippen LogP contribution is 2.23. The molecule has 1 fully saturated rings. The number of nitrogens with zero attached hydrogens (tertiary/aromatic N) is 1. The molecule has 1 aromatic carbocycles. The number of amides is 1. The van der Waals surface area contributed by atoms with E-state index in [2.05, 4.69) is 0 Å². The summed E-state index contributed by atoms with van der Waals surface area (Å²) in [7, 11) is -3.12. The zero-order valence-electron chi connectivity index (χ0n) is 13.9. The smallest absolute Gasteiger partial charge is 0.340 e. The number of hydrogen-bond acceptors (Lipinski definition) is 5. The lowest BCUT2D eigenvalue weighted by molar-refractivity contribution is -0.141. The number of halogens is 2. The second-order valence-electron chi connectivity index (χ2n) is 5.85. The maximum atomic E-state index is 12.6. The third kappa shape index (κ3) is 4.86. The normalized spacial score (nSPS) is 20.1. The summed E-state index contributed by atoms with van der Waals surface area (Å²) in [5.41, 5.74) is 0.109. The number of benzene rings is 1. The number of carbonyl (C=O) groups is 2. The van der Waals surface area contributed by atoms with E-state index in [1.807, 2.05) is 0 Å². The molecule has 1 amide bonds. The Hall–Kier alpha value is -1.31. The third-order valence-electron chi connectivity index (χ3n) is 4.06. The average Bonchev–Trinajstić information content (AvgIpc) is 2.87. The van der Waals surface area contributed by atoms with Crippen molar-refractivity contribution in [1.29, 1.82) is 0 Å². The molecule has 0 aromatic heterocycles. The Kier molecular flexibility index (Phi) is 6.35. The van der Waals surface area contributed by atoms with Gasteiger partial charge in [-0.15, -0.1) is 0 Å². The number of rotatable bonds is 5. The van der Waals surface area contributed by atoms with Gasteiger partial charge >= 0.3 is 5.97 Å². The number of likely N-dealkylation sites (N-methyl/N-ethyl adjacent to an activating group) is 1. The average molecular weight is 408 g/mol. The van der Waals surface area contributed by atoms with Crippen molar-refractivity contribution in [1.82, 2.24) is 4.90 Å². The van der Waals surface area contributed by atoms with Gasteiger partial charge in [0.05, 0.1) is 22.1 Å². The second kappa shape index (κ2) is 7.93. The number of esters is 1. The summed E-state index contributed by atoms with van der Waals surface area (Å²) in [6, 6.07) is 3.94. The van der Waals surface area contributed by atoms with Gasteiger partial charge in [-0.3, -0.25) is 4.79 Å². The number of carbonyl (C=O) groups excluding carboxylic acids is 2. The van der Waals surface area contributed by atoms with E-state index in [9.17, 15) is 18.0 Å². The standard InChI is InChI=1S/C16H19Cl2NO5S/c1-3-19(12-6-7-25(22,23)9-12)15(20)10(2)24-16(21)13-5-4-11(17)8-14(13)18/h4-5,8,10,12H,3,6-7,9H2,1-2H3/t10-,12+/m0/s1. The summed E-state index contributed by atoms with van der Waals surface area (Å²) in [6.07, 6.45) is -0.659. The predicted octanol–water partition coefficient (Wildman–Crippen LogP) is 2.57. The van der Waals surface area contributed by atoms with Gasteiger partial charge in [0.15, 0.2) is 15.9 Å². The predicted molar refractivity (Wildman–Crippen MR) is 95.8 cm³/mol. The lowest BCUT2D eigenvalue weighted by Gasteiger charge is -2.29. The van der Waals surface area contributed by atoms with Gasteiger partial charge in [-0.1, -0.05) is 23.2 Å². The minimum absolute atomic E-state index is 0.0593. The molecule has 0 spiro atoms.